The van der Waals surface area contributed by atoms with E-state index < -0.39 is 0 Å². The van der Waals surface area contributed by atoms with Gasteiger partial charge >= 0.3 is 0 Å². The summed E-state index contributed by atoms with van der Waals surface area (Å²) in [7, 11) is 0. The van der Waals surface area contributed by atoms with Crippen LogP contribution in [0.5, 0.6) is 5.88 Å². The molecule has 0 bridgehead atoms. The molecule has 0 N–H and O–H groups in total. The maximum atomic E-state index is 12.9. The van der Waals surface area contributed by atoms with Gasteiger partial charge in [-0.3, -0.25) is 4.79 Å². The van der Waals surface area contributed by atoms with Gasteiger partial charge < -0.3 is 9.64 Å². The number of aromatic nitrogens is 2. The molecule has 1 aromatic heterocycles. The maximum Gasteiger partial charge on any atom is 0.233 e. The van der Waals surface area contributed by atoms with Crippen molar-refractivity contribution in [3.63, 3.8) is 0 Å². The fraction of sp³-hybridized carbons (Fsp3) is 0.421. The Morgan fingerprint density at radius 2 is 2.08 bits per heavy atom. The summed E-state index contributed by atoms with van der Waals surface area (Å²) in [6.07, 6.45) is 1.75. The van der Waals surface area contributed by atoms with E-state index in [0.717, 1.165) is 30.0 Å². The molecule has 7 heteroatoms. The number of hydrogen-bond acceptors (Lipinski definition) is 5. The first-order valence-electron chi connectivity index (χ1n) is 8.64. The fourth-order valence-corrected chi connectivity index (χ4v) is 3.74. The van der Waals surface area contributed by atoms with Crippen LogP contribution in [-0.2, 0) is 4.79 Å². The molecule has 5 nitrogen and oxygen atoms in total. The third kappa shape index (κ3) is 5.17. The van der Waals surface area contributed by atoms with Crippen molar-refractivity contribution in [3.8, 4) is 5.88 Å². The van der Waals surface area contributed by atoms with Gasteiger partial charge in [-0.1, -0.05) is 0 Å². The molecule has 1 aliphatic heterocycles. The summed E-state index contributed by atoms with van der Waals surface area (Å²) < 4.78 is 18.9. The van der Waals surface area contributed by atoms with Crippen LogP contribution in [0.25, 0.3) is 0 Å². The van der Waals surface area contributed by atoms with Crippen LogP contribution in [-0.4, -0.2) is 45.7 Å². The second-order valence-electron chi connectivity index (χ2n) is 6.36. The Labute approximate surface area is 157 Å². The Kier molecular flexibility index (Phi) is 6.08. The van der Waals surface area contributed by atoms with Crippen LogP contribution in [0.4, 0.5) is 4.39 Å². The summed E-state index contributed by atoms with van der Waals surface area (Å²) in [4.78, 5) is 23.8. The van der Waals surface area contributed by atoms with Crippen LogP contribution < -0.4 is 4.74 Å². The first-order valence-corrected chi connectivity index (χ1v) is 9.63. The summed E-state index contributed by atoms with van der Waals surface area (Å²) in [6.45, 7) is 5.05. The number of carbonyl (C=O) groups excluding carboxylic acids is 1. The predicted octanol–water partition coefficient (Wildman–Crippen LogP) is 3.39. The number of benzene rings is 1. The van der Waals surface area contributed by atoms with Crippen LogP contribution in [0.3, 0.4) is 0 Å². The number of halogens is 1. The van der Waals surface area contributed by atoms with Gasteiger partial charge in [-0.15, -0.1) is 11.8 Å². The standard InChI is InChI=1S/C19H22FN3O2S/c1-13-10-18(22-14(2)21-13)25-16-4-3-9-23(11-16)19(24)12-26-17-7-5-15(20)6-8-17/h5-8,10,16H,3-4,9,11-12H2,1-2H3. The van der Waals surface area contributed by atoms with Crippen molar-refractivity contribution in [1.82, 2.24) is 14.9 Å². The van der Waals surface area contributed by atoms with E-state index in [9.17, 15) is 9.18 Å². The molecule has 1 amide bonds. The molecular formula is C19H22FN3O2S. The van der Waals surface area contributed by atoms with E-state index in [1.165, 1.54) is 23.9 Å². The zero-order chi connectivity index (χ0) is 18.5. The second kappa shape index (κ2) is 8.49. The van der Waals surface area contributed by atoms with E-state index in [2.05, 4.69) is 9.97 Å². The summed E-state index contributed by atoms with van der Waals surface area (Å²) in [5, 5.41) is 0. The smallest absolute Gasteiger partial charge is 0.233 e. The van der Waals surface area contributed by atoms with Crippen LogP contribution in [0.15, 0.2) is 35.2 Å². The van der Waals surface area contributed by atoms with Crippen LogP contribution in [0.2, 0.25) is 0 Å². The Hall–Kier alpha value is -2.15. The van der Waals surface area contributed by atoms with E-state index in [1.807, 2.05) is 24.8 Å². The highest BCUT2D eigenvalue weighted by Gasteiger charge is 2.25. The molecule has 3 rings (SSSR count). The minimum absolute atomic E-state index is 0.0581. The summed E-state index contributed by atoms with van der Waals surface area (Å²) in [6, 6.07) is 8.01. The van der Waals surface area contributed by atoms with E-state index in [-0.39, 0.29) is 17.8 Å². The molecule has 0 radical (unpaired) electrons. The average Bonchev–Trinajstić information content (AvgIpc) is 2.60. The molecule has 1 unspecified atom stereocenters. The number of carbonyl (C=O) groups is 1. The van der Waals surface area contributed by atoms with Gasteiger partial charge in [0.25, 0.3) is 0 Å². The first-order chi connectivity index (χ1) is 12.5. The molecule has 138 valence electrons. The third-order valence-electron chi connectivity index (χ3n) is 4.14. The fourth-order valence-electron chi connectivity index (χ4n) is 2.94. The molecule has 1 aromatic carbocycles. The van der Waals surface area contributed by atoms with Gasteiger partial charge in [0.15, 0.2) is 0 Å². The number of nitrogens with zero attached hydrogens (tertiary/aromatic N) is 3. The topological polar surface area (TPSA) is 55.3 Å². The van der Waals surface area contributed by atoms with Crippen molar-refractivity contribution >= 4 is 17.7 Å². The SMILES string of the molecule is Cc1cc(OC2CCCN(C(=O)CSc3ccc(F)cc3)C2)nc(C)n1. The Morgan fingerprint density at radius 3 is 2.81 bits per heavy atom. The van der Waals surface area contributed by atoms with Crippen molar-refractivity contribution < 1.29 is 13.9 Å². The highest BCUT2D eigenvalue weighted by atomic mass is 32.2. The number of rotatable bonds is 5. The Balaban J connectivity index is 1.53. The lowest BCUT2D eigenvalue weighted by molar-refractivity contribution is -0.130. The van der Waals surface area contributed by atoms with Gasteiger partial charge in [-0.2, -0.15) is 4.98 Å². The number of aryl methyl sites for hydroxylation is 2. The molecule has 1 atom stereocenters. The van der Waals surface area contributed by atoms with Crippen LogP contribution in [0.1, 0.15) is 24.4 Å². The van der Waals surface area contributed by atoms with Gasteiger partial charge in [-0.05, 0) is 51.0 Å². The van der Waals surface area contributed by atoms with Crippen molar-refractivity contribution in [3.05, 3.63) is 47.7 Å². The number of likely N-dealkylation sites (tertiary alicyclic amines) is 1. The van der Waals surface area contributed by atoms with Crippen LogP contribution in [0, 0.1) is 19.7 Å². The number of hydrogen-bond donors (Lipinski definition) is 0. The highest BCUT2D eigenvalue weighted by molar-refractivity contribution is 8.00. The second-order valence-corrected chi connectivity index (χ2v) is 7.41. The lowest BCUT2D eigenvalue weighted by Crippen LogP contribution is -2.45. The highest BCUT2D eigenvalue weighted by Crippen LogP contribution is 2.21. The van der Waals surface area contributed by atoms with Gasteiger partial charge in [0.1, 0.15) is 17.7 Å². The third-order valence-corrected chi connectivity index (χ3v) is 5.13. The van der Waals surface area contributed by atoms with Crippen molar-refractivity contribution in [1.29, 1.82) is 0 Å². The van der Waals surface area contributed by atoms with Crippen LogP contribution >= 0.6 is 11.8 Å². The largest absolute Gasteiger partial charge is 0.472 e. The summed E-state index contributed by atoms with van der Waals surface area (Å²) in [5.74, 6) is 1.38. The van der Waals surface area contributed by atoms with E-state index in [0.29, 0.717) is 24.0 Å². The zero-order valence-electron chi connectivity index (χ0n) is 14.9. The van der Waals surface area contributed by atoms with Gasteiger partial charge in [0.2, 0.25) is 11.8 Å². The van der Waals surface area contributed by atoms with Crippen molar-refractivity contribution in [2.75, 3.05) is 18.8 Å². The first kappa shape index (κ1) is 18.6. The minimum atomic E-state index is -0.271. The number of amides is 1. The van der Waals surface area contributed by atoms with E-state index >= 15 is 0 Å². The predicted molar refractivity (Wildman–Crippen MR) is 98.9 cm³/mol. The Bertz CT molecular complexity index is 750. The van der Waals surface area contributed by atoms with E-state index in [4.69, 9.17) is 4.74 Å². The van der Waals surface area contributed by atoms with Crippen molar-refractivity contribution in [2.24, 2.45) is 0 Å². The zero-order valence-corrected chi connectivity index (χ0v) is 15.8. The number of ether oxygens (including phenoxy) is 1. The molecule has 2 aromatic rings. The monoisotopic (exact) mass is 375 g/mol. The molecule has 0 saturated carbocycles. The summed E-state index contributed by atoms with van der Waals surface area (Å²) >= 11 is 1.42. The van der Waals surface area contributed by atoms with Crippen molar-refractivity contribution in [2.45, 2.75) is 37.7 Å². The molecule has 2 heterocycles. The molecule has 0 spiro atoms. The quantitative estimate of drug-likeness (QED) is 0.750. The molecule has 1 saturated heterocycles. The Morgan fingerprint density at radius 1 is 1.31 bits per heavy atom. The van der Waals surface area contributed by atoms with Gasteiger partial charge in [0, 0.05) is 23.2 Å². The molecular weight excluding hydrogens is 353 g/mol. The molecule has 1 fully saturated rings. The average molecular weight is 375 g/mol. The molecule has 1 aliphatic rings. The van der Waals surface area contributed by atoms with Gasteiger partial charge in [-0.25, -0.2) is 9.37 Å². The molecule has 0 aliphatic carbocycles. The van der Waals surface area contributed by atoms with E-state index in [1.54, 1.807) is 12.1 Å². The maximum absolute atomic E-state index is 12.9. The number of thioether (sulfide) groups is 1. The van der Waals surface area contributed by atoms with Gasteiger partial charge in [0.05, 0.1) is 12.3 Å². The normalized spacial score (nSPS) is 17.2. The molecule has 26 heavy (non-hydrogen) atoms. The minimum Gasteiger partial charge on any atom is -0.472 e. The summed E-state index contributed by atoms with van der Waals surface area (Å²) in [5.41, 5.74) is 0.868. The number of piperidine rings is 1. The lowest BCUT2D eigenvalue weighted by atomic mass is 10.1. The lowest BCUT2D eigenvalue weighted by Gasteiger charge is -2.32.